The number of hydrogen-bond acceptors (Lipinski definition) is 3. The highest BCUT2D eigenvalue weighted by molar-refractivity contribution is 7.80. The lowest BCUT2D eigenvalue weighted by Crippen LogP contribution is -2.29. The summed E-state index contributed by atoms with van der Waals surface area (Å²) in [6.45, 7) is 11.0. The van der Waals surface area contributed by atoms with Crippen LogP contribution in [-0.4, -0.2) is 28.8 Å². The highest BCUT2D eigenvalue weighted by Crippen LogP contribution is 2.44. The molecule has 1 aliphatic rings. The van der Waals surface area contributed by atoms with Gasteiger partial charge in [-0.2, -0.15) is 0 Å². The van der Waals surface area contributed by atoms with Gasteiger partial charge in [0.2, 0.25) is 0 Å². The zero-order valence-electron chi connectivity index (χ0n) is 22.7. The maximum Gasteiger partial charge on any atom is 0.174 e. The molecule has 0 bridgehead atoms. The van der Waals surface area contributed by atoms with E-state index in [1.807, 2.05) is 18.3 Å². The zero-order chi connectivity index (χ0) is 26.4. The normalized spacial score (nSPS) is 17.3. The first-order valence-electron chi connectivity index (χ1n) is 12.7. The lowest BCUT2D eigenvalue weighted by Gasteiger charge is -2.29. The van der Waals surface area contributed by atoms with Crippen LogP contribution in [0, 0.1) is 34.6 Å². The van der Waals surface area contributed by atoms with Gasteiger partial charge >= 0.3 is 0 Å². The van der Waals surface area contributed by atoms with E-state index in [1.165, 1.54) is 39.3 Å². The minimum absolute atomic E-state index is 0.0429. The molecule has 0 amide bonds. The molecule has 0 radical (unpaired) electrons. The molecule has 37 heavy (non-hydrogen) atoms. The van der Waals surface area contributed by atoms with Crippen LogP contribution in [-0.2, 0) is 0 Å². The molecular formula is C31H35N5S. The van der Waals surface area contributed by atoms with Crippen molar-refractivity contribution in [2.75, 3.05) is 23.9 Å². The Kier molecular flexibility index (Phi) is 6.54. The smallest absolute Gasteiger partial charge is 0.174 e. The van der Waals surface area contributed by atoms with Crippen LogP contribution in [0.15, 0.2) is 66.9 Å². The van der Waals surface area contributed by atoms with E-state index in [4.69, 9.17) is 17.2 Å². The van der Waals surface area contributed by atoms with E-state index in [0.29, 0.717) is 5.11 Å². The third-order valence-electron chi connectivity index (χ3n) is 7.39. The van der Waals surface area contributed by atoms with Crippen molar-refractivity contribution in [2.24, 2.45) is 0 Å². The molecule has 0 spiro atoms. The topological polar surface area (TPSA) is 36.3 Å². The van der Waals surface area contributed by atoms with E-state index in [1.54, 1.807) is 0 Å². The Balaban J connectivity index is 1.69. The second kappa shape index (κ2) is 9.67. The number of pyridine rings is 1. The monoisotopic (exact) mass is 509 g/mol. The number of aromatic nitrogens is 2. The summed E-state index contributed by atoms with van der Waals surface area (Å²) < 4.78 is 2.41. The SMILES string of the molecule is Cc1cc(C)c(-n2c(C)cc([C@H]3[C@@H](c4ccccn4)NC(=S)N3c3ccc(N(C)C)cc3)c2C)c(C)c1. The Hall–Kier alpha value is -3.64. The maximum atomic E-state index is 5.96. The lowest BCUT2D eigenvalue weighted by atomic mass is 9.96. The Labute approximate surface area is 225 Å². The van der Waals surface area contributed by atoms with Gasteiger partial charge in [0, 0.05) is 43.1 Å². The molecule has 2 aromatic carbocycles. The number of aryl methyl sites for hydroxylation is 4. The molecule has 4 aromatic rings. The molecule has 1 saturated heterocycles. The molecule has 6 heteroatoms. The van der Waals surface area contributed by atoms with Crippen LogP contribution in [0.5, 0.6) is 0 Å². The van der Waals surface area contributed by atoms with E-state index in [2.05, 4.69) is 117 Å². The second-order valence-electron chi connectivity index (χ2n) is 10.3. The number of benzene rings is 2. The van der Waals surface area contributed by atoms with Crippen molar-refractivity contribution < 1.29 is 0 Å². The van der Waals surface area contributed by atoms with Crippen LogP contribution >= 0.6 is 12.2 Å². The minimum atomic E-state index is -0.0728. The van der Waals surface area contributed by atoms with Crippen LogP contribution in [0.2, 0.25) is 0 Å². The van der Waals surface area contributed by atoms with Crippen molar-refractivity contribution in [2.45, 2.75) is 46.7 Å². The lowest BCUT2D eigenvalue weighted by molar-refractivity contribution is 0.565. The highest BCUT2D eigenvalue weighted by atomic mass is 32.1. The van der Waals surface area contributed by atoms with Crippen LogP contribution < -0.4 is 15.1 Å². The average Bonchev–Trinajstić information content (AvgIpc) is 3.35. The molecule has 1 aliphatic heterocycles. The fraction of sp³-hybridized carbons (Fsp3) is 0.290. The summed E-state index contributed by atoms with van der Waals surface area (Å²) in [5.74, 6) is 0. The third kappa shape index (κ3) is 4.40. The largest absolute Gasteiger partial charge is 0.378 e. The van der Waals surface area contributed by atoms with Crippen LogP contribution in [0.3, 0.4) is 0 Å². The first-order chi connectivity index (χ1) is 17.7. The predicted molar refractivity (Wildman–Crippen MR) is 158 cm³/mol. The van der Waals surface area contributed by atoms with E-state index in [0.717, 1.165) is 17.1 Å². The maximum absolute atomic E-state index is 5.96. The second-order valence-corrected chi connectivity index (χ2v) is 10.7. The van der Waals surface area contributed by atoms with Crippen LogP contribution in [0.1, 0.15) is 51.4 Å². The van der Waals surface area contributed by atoms with Gasteiger partial charge in [-0.15, -0.1) is 0 Å². The molecule has 3 heterocycles. The Morgan fingerprint density at radius 2 is 1.57 bits per heavy atom. The number of nitrogens with one attached hydrogen (secondary N) is 1. The molecule has 0 aliphatic carbocycles. The van der Waals surface area contributed by atoms with E-state index < -0.39 is 0 Å². The van der Waals surface area contributed by atoms with Gasteiger partial charge in [0.15, 0.2) is 5.11 Å². The van der Waals surface area contributed by atoms with Gasteiger partial charge in [0.1, 0.15) is 0 Å². The number of rotatable bonds is 5. The molecule has 190 valence electrons. The Morgan fingerprint density at radius 1 is 0.892 bits per heavy atom. The van der Waals surface area contributed by atoms with E-state index in [9.17, 15) is 0 Å². The van der Waals surface area contributed by atoms with Gasteiger partial charge in [0.05, 0.1) is 23.5 Å². The van der Waals surface area contributed by atoms with E-state index in [-0.39, 0.29) is 12.1 Å². The molecule has 1 fully saturated rings. The molecule has 2 atom stereocenters. The fourth-order valence-electron chi connectivity index (χ4n) is 5.82. The van der Waals surface area contributed by atoms with Gasteiger partial charge < -0.3 is 19.7 Å². The van der Waals surface area contributed by atoms with Crippen molar-refractivity contribution in [3.63, 3.8) is 0 Å². The quantitative estimate of drug-likeness (QED) is 0.305. The van der Waals surface area contributed by atoms with Crippen molar-refractivity contribution in [3.05, 3.63) is 106 Å². The number of thiocarbonyl (C=S) groups is 1. The van der Waals surface area contributed by atoms with Gasteiger partial charge in [-0.1, -0.05) is 23.8 Å². The van der Waals surface area contributed by atoms with Gasteiger partial charge in [-0.25, -0.2) is 0 Å². The summed E-state index contributed by atoms with van der Waals surface area (Å²) >= 11 is 5.96. The van der Waals surface area contributed by atoms with Gasteiger partial charge in [-0.05, 0) is 106 Å². The van der Waals surface area contributed by atoms with E-state index >= 15 is 0 Å². The molecule has 0 saturated carbocycles. The Morgan fingerprint density at radius 3 is 2.16 bits per heavy atom. The van der Waals surface area contributed by atoms with Crippen molar-refractivity contribution in [1.82, 2.24) is 14.9 Å². The first-order valence-corrected chi connectivity index (χ1v) is 13.1. The summed E-state index contributed by atoms with van der Waals surface area (Å²) in [5.41, 5.74) is 12.0. The number of nitrogens with zero attached hydrogens (tertiary/aromatic N) is 4. The molecule has 1 N–H and O–H groups in total. The highest BCUT2D eigenvalue weighted by Gasteiger charge is 2.42. The Bertz CT molecular complexity index is 1430. The van der Waals surface area contributed by atoms with Crippen LogP contribution in [0.25, 0.3) is 5.69 Å². The average molecular weight is 510 g/mol. The minimum Gasteiger partial charge on any atom is -0.378 e. The summed E-state index contributed by atoms with van der Waals surface area (Å²) in [4.78, 5) is 9.10. The summed E-state index contributed by atoms with van der Waals surface area (Å²) in [6, 6.07) is 21.4. The van der Waals surface area contributed by atoms with Crippen molar-refractivity contribution in [3.8, 4) is 5.69 Å². The molecule has 2 aromatic heterocycles. The first kappa shape index (κ1) is 25.0. The predicted octanol–water partition coefficient (Wildman–Crippen LogP) is 6.66. The van der Waals surface area contributed by atoms with Crippen molar-refractivity contribution in [1.29, 1.82) is 0 Å². The number of anilines is 2. The van der Waals surface area contributed by atoms with Gasteiger partial charge in [0.25, 0.3) is 0 Å². The standard InChI is InChI=1S/C31H35N5S/c1-19-16-20(2)29(21(3)17-19)35-22(4)18-26(23(35)5)30-28(27-10-8-9-15-32-27)33-31(37)36(30)25-13-11-24(12-14-25)34(6)7/h8-18,28,30H,1-7H3,(H,33,37)/t28-,30+/m1/s1. The molecule has 0 unspecified atom stereocenters. The van der Waals surface area contributed by atoms with Crippen molar-refractivity contribution >= 4 is 28.7 Å². The molecular weight excluding hydrogens is 474 g/mol. The molecule has 5 nitrogen and oxygen atoms in total. The summed E-state index contributed by atoms with van der Waals surface area (Å²) in [7, 11) is 4.11. The zero-order valence-corrected chi connectivity index (χ0v) is 23.5. The van der Waals surface area contributed by atoms with Crippen LogP contribution in [0.4, 0.5) is 11.4 Å². The fourth-order valence-corrected chi connectivity index (χ4v) is 6.16. The van der Waals surface area contributed by atoms with Gasteiger partial charge in [-0.3, -0.25) is 4.98 Å². The number of hydrogen-bond donors (Lipinski definition) is 1. The third-order valence-corrected chi connectivity index (χ3v) is 7.70. The summed E-state index contributed by atoms with van der Waals surface area (Å²) in [6.07, 6.45) is 1.86. The summed E-state index contributed by atoms with van der Waals surface area (Å²) in [5, 5.41) is 4.32. The molecule has 5 rings (SSSR count).